The first-order valence-electron chi connectivity index (χ1n) is 14.6. The van der Waals surface area contributed by atoms with E-state index in [9.17, 15) is 27.1 Å². The lowest BCUT2D eigenvalue weighted by molar-refractivity contribution is -0.118. The summed E-state index contributed by atoms with van der Waals surface area (Å²) in [5.74, 6) is 0.584. The second-order valence-electron chi connectivity index (χ2n) is 11.1. The van der Waals surface area contributed by atoms with Gasteiger partial charge in [0.15, 0.2) is 0 Å². The van der Waals surface area contributed by atoms with Crippen molar-refractivity contribution in [1.82, 2.24) is 14.1 Å². The molecule has 1 aliphatic carbocycles. The summed E-state index contributed by atoms with van der Waals surface area (Å²) in [7, 11) is -1.32. The van der Waals surface area contributed by atoms with E-state index in [0.29, 0.717) is 40.1 Å². The number of amides is 1. The monoisotopic (exact) mass is 642 g/mol. The summed E-state index contributed by atoms with van der Waals surface area (Å²) in [6.45, 7) is -3.09. The molecule has 1 aromatic heterocycles. The van der Waals surface area contributed by atoms with Crippen molar-refractivity contribution < 1.29 is 36.6 Å². The molecule has 13 heteroatoms. The van der Waals surface area contributed by atoms with Crippen molar-refractivity contribution in [3.8, 4) is 11.5 Å². The van der Waals surface area contributed by atoms with Gasteiger partial charge in [0.2, 0.25) is 15.9 Å². The van der Waals surface area contributed by atoms with Crippen LogP contribution in [0.4, 0.5) is 14.5 Å². The summed E-state index contributed by atoms with van der Waals surface area (Å²) < 4.78 is 68.5. The fraction of sp³-hybridized carbons (Fsp3) is 0.375. The fourth-order valence-electron chi connectivity index (χ4n) is 5.61. The molecule has 45 heavy (non-hydrogen) atoms. The second kappa shape index (κ2) is 13.9. The van der Waals surface area contributed by atoms with E-state index in [4.69, 9.17) is 9.47 Å². The van der Waals surface area contributed by atoms with Crippen molar-refractivity contribution in [3.63, 3.8) is 0 Å². The Morgan fingerprint density at radius 2 is 1.58 bits per heavy atom. The van der Waals surface area contributed by atoms with Crippen LogP contribution in [0, 0.1) is 5.92 Å². The quantitative estimate of drug-likeness (QED) is 0.203. The van der Waals surface area contributed by atoms with Crippen molar-refractivity contribution in [2.45, 2.75) is 62.7 Å². The molecule has 1 fully saturated rings. The number of halogens is 2. The third-order valence-corrected chi connectivity index (χ3v) is 9.89. The highest BCUT2D eigenvalue weighted by atomic mass is 32.2. The number of hydrogen-bond acceptors (Lipinski definition) is 7. The minimum absolute atomic E-state index is 0.00883. The van der Waals surface area contributed by atoms with E-state index in [-0.39, 0.29) is 46.9 Å². The number of carbonyl (C=O) groups excluding carboxylic acids is 1. The predicted octanol–water partition coefficient (Wildman–Crippen LogP) is 5.72. The molecule has 5 rings (SSSR count). The number of aromatic nitrogens is 2. The molecule has 0 radical (unpaired) electrons. The first-order chi connectivity index (χ1) is 21.6. The van der Waals surface area contributed by atoms with Gasteiger partial charge in [-0.25, -0.2) is 13.1 Å². The Hall–Kier alpha value is -4.07. The zero-order chi connectivity index (χ0) is 32.1. The summed E-state index contributed by atoms with van der Waals surface area (Å²) in [6.07, 6.45) is 3.59. The van der Waals surface area contributed by atoms with Gasteiger partial charge < -0.3 is 19.9 Å². The molecule has 0 saturated heterocycles. The minimum atomic E-state index is -4.38. The SMILES string of the molecule is COc1ccc(CN(Cc2ccc(OC)cc2)S(=O)(=O)c2cc(NC(=O)CC3CCCCC3O)cc3nn(C(F)F)cc23)cc1. The number of carbonyl (C=O) groups is 1. The molecule has 3 aromatic carbocycles. The summed E-state index contributed by atoms with van der Waals surface area (Å²) in [5, 5.41) is 17.0. The lowest BCUT2D eigenvalue weighted by atomic mass is 9.84. The van der Waals surface area contributed by atoms with E-state index in [0.717, 1.165) is 19.0 Å². The first-order valence-corrected chi connectivity index (χ1v) is 16.1. The lowest BCUT2D eigenvalue weighted by Gasteiger charge is -2.27. The van der Waals surface area contributed by atoms with Gasteiger partial charge in [-0.05, 0) is 66.3 Å². The van der Waals surface area contributed by atoms with E-state index in [1.165, 1.54) is 30.7 Å². The van der Waals surface area contributed by atoms with Crippen LogP contribution in [0.2, 0.25) is 0 Å². The summed E-state index contributed by atoms with van der Waals surface area (Å²) >= 11 is 0. The Labute approximate surface area is 260 Å². The number of hydrogen-bond donors (Lipinski definition) is 2. The number of fused-ring (bicyclic) bond motifs is 1. The molecular formula is C32H36F2N4O6S. The van der Waals surface area contributed by atoms with E-state index in [2.05, 4.69) is 10.4 Å². The van der Waals surface area contributed by atoms with Crippen molar-refractivity contribution in [3.05, 3.63) is 78.0 Å². The van der Waals surface area contributed by atoms with Crippen molar-refractivity contribution in [1.29, 1.82) is 0 Å². The Morgan fingerprint density at radius 3 is 2.11 bits per heavy atom. The average Bonchev–Trinajstić information content (AvgIpc) is 3.47. The number of anilines is 1. The van der Waals surface area contributed by atoms with Crippen LogP contribution in [0.3, 0.4) is 0 Å². The number of ether oxygens (including phenoxy) is 2. The zero-order valence-electron chi connectivity index (χ0n) is 25.0. The van der Waals surface area contributed by atoms with Gasteiger partial charge in [0.05, 0.1) is 30.7 Å². The van der Waals surface area contributed by atoms with Gasteiger partial charge in [-0.3, -0.25) is 4.79 Å². The molecule has 1 amide bonds. The van der Waals surface area contributed by atoms with Crippen molar-refractivity contribution in [2.24, 2.45) is 5.92 Å². The molecule has 1 aliphatic rings. The van der Waals surface area contributed by atoms with E-state index in [1.807, 2.05) is 0 Å². The van der Waals surface area contributed by atoms with E-state index >= 15 is 0 Å². The van der Waals surface area contributed by atoms with Gasteiger partial charge in [0, 0.05) is 36.8 Å². The van der Waals surface area contributed by atoms with Crippen LogP contribution < -0.4 is 14.8 Å². The number of benzene rings is 3. The molecule has 0 spiro atoms. The van der Waals surface area contributed by atoms with Crippen molar-refractivity contribution >= 4 is 32.5 Å². The number of methoxy groups -OCH3 is 2. The lowest BCUT2D eigenvalue weighted by Crippen LogP contribution is -2.31. The molecule has 2 atom stereocenters. The van der Waals surface area contributed by atoms with Crippen LogP contribution in [-0.4, -0.2) is 53.8 Å². The normalized spacial score (nSPS) is 17.1. The van der Waals surface area contributed by atoms with E-state index < -0.39 is 28.6 Å². The molecular weight excluding hydrogens is 606 g/mol. The van der Waals surface area contributed by atoms with Crippen molar-refractivity contribution in [2.75, 3.05) is 19.5 Å². The largest absolute Gasteiger partial charge is 0.497 e. The minimum Gasteiger partial charge on any atom is -0.497 e. The number of nitrogens with zero attached hydrogens (tertiary/aromatic N) is 3. The maximum Gasteiger partial charge on any atom is 0.333 e. The predicted molar refractivity (Wildman–Crippen MR) is 165 cm³/mol. The molecule has 0 aliphatic heterocycles. The second-order valence-corrected chi connectivity index (χ2v) is 13.0. The van der Waals surface area contributed by atoms with Crippen LogP contribution in [-0.2, 0) is 27.9 Å². The van der Waals surface area contributed by atoms with Gasteiger partial charge in [-0.15, -0.1) is 0 Å². The van der Waals surface area contributed by atoms with E-state index in [1.54, 1.807) is 48.5 Å². The number of aliphatic hydroxyl groups is 1. The molecule has 1 heterocycles. The number of aliphatic hydroxyl groups excluding tert-OH is 1. The van der Waals surface area contributed by atoms with Crippen LogP contribution in [0.1, 0.15) is 49.8 Å². The Bertz CT molecular complexity index is 1680. The van der Waals surface area contributed by atoms with Gasteiger partial charge in [0.25, 0.3) is 0 Å². The summed E-state index contributed by atoms with van der Waals surface area (Å²) in [6, 6.07) is 16.5. The van der Waals surface area contributed by atoms with Crippen LogP contribution in [0.15, 0.2) is 71.8 Å². The smallest absolute Gasteiger partial charge is 0.333 e. The van der Waals surface area contributed by atoms with Crippen LogP contribution >= 0.6 is 0 Å². The Kier molecular flexibility index (Phi) is 10.0. The number of nitrogens with one attached hydrogen (secondary N) is 1. The van der Waals surface area contributed by atoms with Gasteiger partial charge in [-0.1, -0.05) is 37.1 Å². The fourth-order valence-corrected chi connectivity index (χ4v) is 7.23. The average molecular weight is 643 g/mol. The van der Waals surface area contributed by atoms with Gasteiger partial charge in [0.1, 0.15) is 11.5 Å². The first kappa shape index (κ1) is 32.3. The third-order valence-electron chi connectivity index (χ3n) is 8.06. The van der Waals surface area contributed by atoms with Crippen LogP contribution in [0.25, 0.3) is 10.9 Å². The highest BCUT2D eigenvalue weighted by Crippen LogP contribution is 2.33. The molecule has 1 saturated carbocycles. The topological polar surface area (TPSA) is 123 Å². The molecule has 10 nitrogen and oxygen atoms in total. The van der Waals surface area contributed by atoms with Gasteiger partial charge in [-0.2, -0.15) is 18.2 Å². The molecule has 0 bridgehead atoms. The number of sulfonamides is 1. The maximum absolute atomic E-state index is 14.5. The highest BCUT2D eigenvalue weighted by molar-refractivity contribution is 7.89. The molecule has 240 valence electrons. The Morgan fingerprint density at radius 1 is 1.00 bits per heavy atom. The number of alkyl halides is 2. The number of rotatable bonds is 12. The summed E-state index contributed by atoms with van der Waals surface area (Å²) in [5.41, 5.74) is 1.42. The zero-order valence-corrected chi connectivity index (χ0v) is 25.8. The summed E-state index contributed by atoms with van der Waals surface area (Å²) in [4.78, 5) is 12.7. The van der Waals surface area contributed by atoms with Crippen LogP contribution in [0.5, 0.6) is 11.5 Å². The van der Waals surface area contributed by atoms with Gasteiger partial charge >= 0.3 is 6.55 Å². The molecule has 4 aromatic rings. The third kappa shape index (κ3) is 7.60. The standard InChI is InChI=1S/C32H36F2N4O6S/c1-43-25-11-7-21(8-12-25)18-37(19-22-9-13-26(44-2)14-10-22)45(41,42)30-17-24(16-28-27(30)20-38(36-28)32(33)34)35-31(40)15-23-5-3-4-6-29(23)39/h7-14,16-17,20,23,29,32,39H,3-6,15,18-19H2,1-2H3,(H,35,40). The highest BCUT2D eigenvalue weighted by Gasteiger charge is 2.30. The Balaban J connectivity index is 1.54. The molecule has 2 unspecified atom stereocenters. The maximum atomic E-state index is 14.5. The molecule has 2 N–H and O–H groups in total.